The fourth-order valence-electron chi connectivity index (χ4n) is 4.20. The van der Waals surface area contributed by atoms with Gasteiger partial charge in [-0.3, -0.25) is 0 Å². The molecule has 1 N–H and O–H groups in total. The lowest BCUT2D eigenvalue weighted by Gasteiger charge is -2.28. The van der Waals surface area contributed by atoms with E-state index in [0.29, 0.717) is 41.6 Å². The number of aromatic nitrogens is 2. The van der Waals surface area contributed by atoms with Crippen LogP contribution in [0.2, 0.25) is 0 Å². The minimum atomic E-state index is -4.90. The number of hydrogen-bond donors (Lipinski definition) is 1. The van der Waals surface area contributed by atoms with Gasteiger partial charge >= 0.3 is 6.18 Å². The molecule has 2 fully saturated rings. The Bertz CT molecular complexity index is 1340. The third kappa shape index (κ3) is 4.12. The number of hydrogen-bond acceptors (Lipinski definition) is 3. The van der Waals surface area contributed by atoms with Crippen molar-refractivity contribution in [3.05, 3.63) is 53.5 Å². The van der Waals surface area contributed by atoms with Gasteiger partial charge in [-0.25, -0.2) is 26.9 Å². The lowest BCUT2D eigenvalue weighted by molar-refractivity contribution is -0.140. The fraction of sp³-hybridized carbons (Fsp3) is 0.409. The summed E-state index contributed by atoms with van der Waals surface area (Å²) in [6, 6.07) is 3.06. The normalized spacial score (nSPS) is 17.5. The van der Waals surface area contributed by atoms with Crippen LogP contribution in [0.15, 0.2) is 30.6 Å². The summed E-state index contributed by atoms with van der Waals surface area (Å²) in [6.07, 6.45) is 1.14. The molecule has 5 nitrogen and oxygen atoms in total. The second kappa shape index (κ2) is 7.76. The zero-order valence-electron chi connectivity index (χ0n) is 17.3. The number of sulfonamides is 1. The van der Waals surface area contributed by atoms with E-state index in [1.54, 1.807) is 6.20 Å². The van der Waals surface area contributed by atoms with Crippen molar-refractivity contribution in [1.29, 1.82) is 0 Å². The molecule has 2 aliphatic carbocycles. The first-order valence-corrected chi connectivity index (χ1v) is 12.1. The van der Waals surface area contributed by atoms with Gasteiger partial charge in [-0.05, 0) is 55.9 Å². The van der Waals surface area contributed by atoms with E-state index in [0.717, 1.165) is 25.3 Å². The molecule has 2 aromatic heterocycles. The van der Waals surface area contributed by atoms with Gasteiger partial charge in [-0.15, -0.1) is 0 Å². The van der Waals surface area contributed by atoms with Gasteiger partial charge in [-0.2, -0.15) is 13.2 Å². The van der Waals surface area contributed by atoms with Gasteiger partial charge in [-0.1, -0.05) is 0 Å². The van der Waals surface area contributed by atoms with E-state index in [1.165, 1.54) is 6.07 Å². The predicted molar refractivity (Wildman–Crippen MR) is 112 cm³/mol. The maximum atomic E-state index is 15.1. The zero-order valence-corrected chi connectivity index (χ0v) is 18.1. The highest BCUT2D eigenvalue weighted by Crippen LogP contribution is 2.41. The highest BCUT2D eigenvalue weighted by molar-refractivity contribution is 7.90. The number of rotatable bonds is 6. The van der Waals surface area contributed by atoms with Gasteiger partial charge in [0, 0.05) is 40.8 Å². The maximum absolute atomic E-state index is 15.1. The zero-order chi connectivity index (χ0) is 23.5. The summed E-state index contributed by atoms with van der Waals surface area (Å²) in [7, 11) is -3.47. The molecule has 176 valence electrons. The molecule has 0 aliphatic heterocycles. The molecule has 0 unspecified atom stereocenters. The molecule has 0 saturated heterocycles. The number of nitrogens with zero attached hydrogens (tertiary/aromatic N) is 2. The third-order valence-electron chi connectivity index (χ3n) is 6.31. The van der Waals surface area contributed by atoms with Crippen LogP contribution in [0.25, 0.3) is 22.0 Å². The minimum absolute atomic E-state index is 0.0524. The highest BCUT2D eigenvalue weighted by atomic mass is 32.2. The van der Waals surface area contributed by atoms with Crippen molar-refractivity contribution in [2.45, 2.75) is 56.1 Å². The van der Waals surface area contributed by atoms with E-state index >= 15 is 4.39 Å². The third-order valence-corrected chi connectivity index (χ3v) is 8.21. The first-order valence-electron chi connectivity index (χ1n) is 10.6. The molecule has 1 aromatic carbocycles. The number of nitrogens with one attached hydrogen (secondary N) is 1. The molecule has 0 radical (unpaired) electrons. The Morgan fingerprint density at radius 2 is 1.79 bits per heavy atom. The summed E-state index contributed by atoms with van der Waals surface area (Å²) in [5, 5.41) is -0.0124. The molecule has 3 aromatic rings. The molecule has 0 amide bonds. The van der Waals surface area contributed by atoms with Crippen LogP contribution in [0, 0.1) is 11.6 Å². The second-order valence-electron chi connectivity index (χ2n) is 8.61. The molecule has 0 bridgehead atoms. The molecule has 11 heteroatoms. The van der Waals surface area contributed by atoms with Gasteiger partial charge in [0.05, 0.1) is 11.4 Å². The van der Waals surface area contributed by atoms with Crippen LogP contribution >= 0.6 is 0 Å². The van der Waals surface area contributed by atoms with Crippen molar-refractivity contribution in [3.63, 3.8) is 0 Å². The van der Waals surface area contributed by atoms with Gasteiger partial charge in [0.2, 0.25) is 10.0 Å². The molecule has 2 aliphatic rings. The minimum Gasteiger partial charge on any atom is -0.344 e. The van der Waals surface area contributed by atoms with Crippen molar-refractivity contribution in [1.82, 2.24) is 14.3 Å². The average molecular weight is 485 g/mol. The molecule has 0 spiro atoms. The number of benzene rings is 1. The van der Waals surface area contributed by atoms with Crippen molar-refractivity contribution < 1.29 is 30.4 Å². The molecule has 5 rings (SSSR count). The number of halogens is 5. The Labute approximate surface area is 186 Å². The van der Waals surface area contributed by atoms with E-state index in [-0.39, 0.29) is 12.6 Å². The van der Waals surface area contributed by atoms with Crippen LogP contribution < -0.4 is 4.72 Å². The highest BCUT2D eigenvalue weighted by Gasteiger charge is 2.37. The van der Waals surface area contributed by atoms with E-state index in [4.69, 9.17) is 0 Å². The van der Waals surface area contributed by atoms with Gasteiger partial charge in [0.1, 0.15) is 11.6 Å². The van der Waals surface area contributed by atoms with Gasteiger partial charge in [0.25, 0.3) is 0 Å². The lowest BCUT2D eigenvalue weighted by atomic mass is 9.92. The molecule has 33 heavy (non-hydrogen) atoms. The van der Waals surface area contributed by atoms with Crippen molar-refractivity contribution in [2.24, 2.45) is 0 Å². The Morgan fingerprint density at radius 3 is 2.39 bits per heavy atom. The summed E-state index contributed by atoms with van der Waals surface area (Å²) in [6.45, 7) is -0.0524. The Kier molecular flexibility index (Phi) is 5.24. The predicted octanol–water partition coefficient (Wildman–Crippen LogP) is 5.31. The van der Waals surface area contributed by atoms with Crippen molar-refractivity contribution in [3.8, 4) is 11.1 Å². The van der Waals surface area contributed by atoms with E-state index in [2.05, 4.69) is 9.71 Å². The van der Waals surface area contributed by atoms with E-state index in [1.807, 2.05) is 4.57 Å². The second-order valence-corrected chi connectivity index (χ2v) is 10.7. The van der Waals surface area contributed by atoms with Crippen LogP contribution in [0.1, 0.15) is 49.4 Å². The topological polar surface area (TPSA) is 64.0 Å². The van der Waals surface area contributed by atoms with Gasteiger partial charge < -0.3 is 4.57 Å². The molecule has 2 heterocycles. The summed E-state index contributed by atoms with van der Waals surface area (Å²) in [5.74, 6) is -1.99. The van der Waals surface area contributed by atoms with Crippen LogP contribution in [-0.2, 0) is 22.7 Å². The van der Waals surface area contributed by atoms with Crippen molar-refractivity contribution >= 4 is 20.9 Å². The first-order chi connectivity index (χ1) is 15.5. The van der Waals surface area contributed by atoms with Gasteiger partial charge in [0.15, 0.2) is 5.69 Å². The fourth-order valence-corrected chi connectivity index (χ4v) is 5.55. The molecular weight excluding hydrogens is 465 g/mol. The summed E-state index contributed by atoms with van der Waals surface area (Å²) in [5.41, 5.74) is -1.47. The largest absolute Gasteiger partial charge is 0.433 e. The van der Waals surface area contributed by atoms with E-state index in [9.17, 15) is 26.0 Å². The first kappa shape index (κ1) is 22.3. The molecule has 0 atom stereocenters. The number of alkyl halides is 3. The Balaban J connectivity index is 1.63. The number of fused-ring (bicyclic) bond motifs is 1. The van der Waals surface area contributed by atoms with Crippen molar-refractivity contribution in [2.75, 3.05) is 0 Å². The van der Waals surface area contributed by atoms with Crippen LogP contribution in [0.5, 0.6) is 0 Å². The Morgan fingerprint density at radius 1 is 1.06 bits per heavy atom. The lowest BCUT2D eigenvalue weighted by Crippen LogP contribution is -2.26. The standard InChI is InChI=1S/C22H20F5N3O2S/c23-13-6-18(21(28-10-13)22(25,26)27)17-8-20-16(7-19(17)24)12(11-30(20)14-2-1-3-14)9-29-33(31,32)15-4-5-15/h6-8,10-11,14-15,29H,1-5,9H2. The summed E-state index contributed by atoms with van der Waals surface area (Å²) >= 11 is 0. The monoisotopic (exact) mass is 485 g/mol. The smallest absolute Gasteiger partial charge is 0.344 e. The molecule has 2 saturated carbocycles. The van der Waals surface area contributed by atoms with Crippen LogP contribution in [0.3, 0.4) is 0 Å². The molecular formula is C22H20F5N3O2S. The van der Waals surface area contributed by atoms with Crippen LogP contribution in [0.4, 0.5) is 22.0 Å². The number of pyridine rings is 1. The SMILES string of the molecule is O=S(=O)(NCc1cn(C2CCC2)c2cc(-c3cc(F)cnc3C(F)(F)F)c(F)cc12)C1CC1. The quantitative estimate of drug-likeness (QED) is 0.482. The maximum Gasteiger partial charge on any atom is 0.433 e. The summed E-state index contributed by atoms with van der Waals surface area (Å²) < 4.78 is 98.3. The van der Waals surface area contributed by atoms with E-state index < -0.39 is 49.9 Å². The van der Waals surface area contributed by atoms with Crippen LogP contribution in [-0.4, -0.2) is 23.2 Å². The average Bonchev–Trinajstić information content (AvgIpc) is 3.49. The Hall–Kier alpha value is -2.53. The summed E-state index contributed by atoms with van der Waals surface area (Å²) in [4.78, 5) is 3.17.